The molecule has 0 fully saturated rings. The molecule has 0 amide bonds. The Hall–Kier alpha value is -1.68. The standard InChI is InChI=1S/C17H20BrNO2/c1-4-21-17-15(18)9-13(10-16(17)20-3)11-19-14-7-5-12(2)6-8-14/h5-10,19H,4,11H2,1-3H3. The van der Waals surface area contributed by atoms with Gasteiger partial charge in [-0.1, -0.05) is 17.7 Å². The van der Waals surface area contributed by atoms with Crippen LogP contribution < -0.4 is 14.8 Å². The molecule has 2 rings (SSSR count). The van der Waals surface area contributed by atoms with Gasteiger partial charge in [0.2, 0.25) is 0 Å². The summed E-state index contributed by atoms with van der Waals surface area (Å²) in [5.41, 5.74) is 3.48. The number of hydrogen-bond donors (Lipinski definition) is 1. The highest BCUT2D eigenvalue weighted by atomic mass is 79.9. The molecule has 0 heterocycles. The maximum Gasteiger partial charge on any atom is 0.175 e. The summed E-state index contributed by atoms with van der Waals surface area (Å²) in [7, 11) is 1.65. The van der Waals surface area contributed by atoms with Crippen LogP contribution in [0, 0.1) is 6.92 Å². The molecule has 0 saturated heterocycles. The Bertz CT molecular complexity index is 596. The second kappa shape index (κ2) is 7.36. The fourth-order valence-electron chi connectivity index (χ4n) is 2.04. The normalized spacial score (nSPS) is 10.3. The van der Waals surface area contributed by atoms with Crippen LogP contribution in [-0.2, 0) is 6.54 Å². The lowest BCUT2D eigenvalue weighted by atomic mass is 10.2. The van der Waals surface area contributed by atoms with Crippen molar-refractivity contribution in [2.45, 2.75) is 20.4 Å². The van der Waals surface area contributed by atoms with E-state index in [0.717, 1.165) is 33.8 Å². The summed E-state index contributed by atoms with van der Waals surface area (Å²) in [6, 6.07) is 12.4. The smallest absolute Gasteiger partial charge is 0.175 e. The first-order valence-corrected chi connectivity index (χ1v) is 7.73. The van der Waals surface area contributed by atoms with E-state index in [9.17, 15) is 0 Å². The first-order chi connectivity index (χ1) is 10.1. The van der Waals surface area contributed by atoms with Gasteiger partial charge < -0.3 is 14.8 Å². The van der Waals surface area contributed by atoms with Crippen molar-refractivity contribution >= 4 is 21.6 Å². The highest BCUT2D eigenvalue weighted by Gasteiger charge is 2.11. The van der Waals surface area contributed by atoms with E-state index in [0.29, 0.717) is 6.61 Å². The largest absolute Gasteiger partial charge is 0.493 e. The van der Waals surface area contributed by atoms with Gasteiger partial charge >= 0.3 is 0 Å². The predicted octanol–water partition coefficient (Wildman–Crippen LogP) is 4.78. The van der Waals surface area contributed by atoms with Gasteiger partial charge in [-0.05, 0) is 59.6 Å². The third kappa shape index (κ3) is 4.14. The van der Waals surface area contributed by atoms with Crippen molar-refractivity contribution in [3.05, 3.63) is 52.0 Å². The number of halogens is 1. The molecule has 0 atom stereocenters. The molecule has 3 nitrogen and oxygen atoms in total. The van der Waals surface area contributed by atoms with Gasteiger partial charge in [-0.15, -0.1) is 0 Å². The highest BCUT2D eigenvalue weighted by Crippen LogP contribution is 2.36. The van der Waals surface area contributed by atoms with Crippen LogP contribution in [0.1, 0.15) is 18.1 Å². The minimum atomic E-state index is 0.607. The van der Waals surface area contributed by atoms with Crippen molar-refractivity contribution in [2.75, 3.05) is 19.0 Å². The van der Waals surface area contributed by atoms with Crippen LogP contribution in [0.15, 0.2) is 40.9 Å². The van der Waals surface area contributed by atoms with E-state index in [1.807, 2.05) is 13.0 Å². The number of ether oxygens (including phenoxy) is 2. The fourth-order valence-corrected chi connectivity index (χ4v) is 2.64. The zero-order chi connectivity index (χ0) is 15.2. The first-order valence-electron chi connectivity index (χ1n) is 6.93. The van der Waals surface area contributed by atoms with Crippen molar-refractivity contribution in [2.24, 2.45) is 0 Å². The molecule has 21 heavy (non-hydrogen) atoms. The number of aryl methyl sites for hydroxylation is 1. The summed E-state index contributed by atoms with van der Waals surface area (Å²) >= 11 is 3.54. The molecule has 0 bridgehead atoms. The van der Waals surface area contributed by atoms with Gasteiger partial charge in [0.1, 0.15) is 0 Å². The van der Waals surface area contributed by atoms with Crippen LogP contribution in [0.4, 0.5) is 5.69 Å². The topological polar surface area (TPSA) is 30.5 Å². The van der Waals surface area contributed by atoms with Crippen molar-refractivity contribution in [3.8, 4) is 11.5 Å². The molecular weight excluding hydrogens is 330 g/mol. The lowest BCUT2D eigenvalue weighted by Crippen LogP contribution is -2.02. The average Bonchev–Trinajstić information content (AvgIpc) is 2.49. The number of hydrogen-bond acceptors (Lipinski definition) is 3. The zero-order valence-electron chi connectivity index (χ0n) is 12.6. The first kappa shape index (κ1) is 15.7. The molecular formula is C17H20BrNO2. The number of anilines is 1. The molecule has 2 aromatic carbocycles. The molecule has 1 N–H and O–H groups in total. The molecule has 0 aromatic heterocycles. The summed E-state index contributed by atoms with van der Waals surface area (Å²) in [5.74, 6) is 1.49. The number of benzene rings is 2. The minimum Gasteiger partial charge on any atom is -0.493 e. The molecule has 112 valence electrons. The van der Waals surface area contributed by atoms with Gasteiger partial charge in [0.25, 0.3) is 0 Å². The van der Waals surface area contributed by atoms with Crippen molar-refractivity contribution in [1.29, 1.82) is 0 Å². The number of methoxy groups -OCH3 is 1. The van der Waals surface area contributed by atoms with Crippen LogP contribution in [-0.4, -0.2) is 13.7 Å². The Morgan fingerprint density at radius 2 is 1.86 bits per heavy atom. The monoisotopic (exact) mass is 349 g/mol. The SMILES string of the molecule is CCOc1c(Br)cc(CNc2ccc(C)cc2)cc1OC. The lowest BCUT2D eigenvalue weighted by molar-refractivity contribution is 0.308. The molecule has 0 unspecified atom stereocenters. The van der Waals surface area contributed by atoms with E-state index < -0.39 is 0 Å². The van der Waals surface area contributed by atoms with Crippen molar-refractivity contribution in [3.63, 3.8) is 0 Å². The van der Waals surface area contributed by atoms with Gasteiger partial charge in [0, 0.05) is 12.2 Å². The van der Waals surface area contributed by atoms with Gasteiger partial charge in [-0.3, -0.25) is 0 Å². The summed E-state index contributed by atoms with van der Waals surface area (Å²) in [6.07, 6.45) is 0. The third-order valence-electron chi connectivity index (χ3n) is 3.13. The van der Waals surface area contributed by atoms with Gasteiger partial charge in [-0.2, -0.15) is 0 Å². The molecule has 4 heteroatoms. The van der Waals surface area contributed by atoms with E-state index in [-0.39, 0.29) is 0 Å². The minimum absolute atomic E-state index is 0.607. The molecule has 0 aliphatic rings. The van der Waals surface area contributed by atoms with Crippen LogP contribution >= 0.6 is 15.9 Å². The lowest BCUT2D eigenvalue weighted by Gasteiger charge is -2.14. The van der Waals surface area contributed by atoms with E-state index in [4.69, 9.17) is 9.47 Å². The van der Waals surface area contributed by atoms with E-state index in [1.54, 1.807) is 7.11 Å². The second-order valence-corrected chi connectivity index (χ2v) is 5.62. The van der Waals surface area contributed by atoms with Gasteiger partial charge in [0.15, 0.2) is 11.5 Å². The fraction of sp³-hybridized carbons (Fsp3) is 0.294. The van der Waals surface area contributed by atoms with Crippen LogP contribution in [0.2, 0.25) is 0 Å². The number of rotatable bonds is 6. The Morgan fingerprint density at radius 3 is 2.48 bits per heavy atom. The molecule has 0 aliphatic carbocycles. The Labute approximate surface area is 134 Å². The summed E-state index contributed by atoms with van der Waals surface area (Å²) < 4.78 is 11.9. The average molecular weight is 350 g/mol. The molecule has 2 aromatic rings. The zero-order valence-corrected chi connectivity index (χ0v) is 14.2. The Kier molecular flexibility index (Phi) is 5.51. The second-order valence-electron chi connectivity index (χ2n) is 4.76. The Balaban J connectivity index is 2.13. The van der Waals surface area contributed by atoms with Crippen molar-refractivity contribution < 1.29 is 9.47 Å². The molecule has 0 aliphatic heterocycles. The van der Waals surface area contributed by atoms with E-state index >= 15 is 0 Å². The predicted molar refractivity (Wildman–Crippen MR) is 90.4 cm³/mol. The Morgan fingerprint density at radius 1 is 1.14 bits per heavy atom. The maximum absolute atomic E-state index is 5.60. The molecule has 0 saturated carbocycles. The van der Waals surface area contributed by atoms with Crippen molar-refractivity contribution in [1.82, 2.24) is 0 Å². The van der Waals surface area contributed by atoms with Crippen LogP contribution in [0.5, 0.6) is 11.5 Å². The maximum atomic E-state index is 5.60. The number of nitrogens with one attached hydrogen (secondary N) is 1. The van der Waals surface area contributed by atoms with Gasteiger partial charge in [-0.25, -0.2) is 0 Å². The summed E-state index contributed by atoms with van der Waals surface area (Å²) in [6.45, 7) is 5.37. The summed E-state index contributed by atoms with van der Waals surface area (Å²) in [4.78, 5) is 0. The molecule has 0 spiro atoms. The van der Waals surface area contributed by atoms with E-state index in [2.05, 4.69) is 58.5 Å². The highest BCUT2D eigenvalue weighted by molar-refractivity contribution is 9.10. The van der Waals surface area contributed by atoms with E-state index in [1.165, 1.54) is 5.56 Å². The molecule has 0 radical (unpaired) electrons. The van der Waals surface area contributed by atoms with Crippen LogP contribution in [0.3, 0.4) is 0 Å². The van der Waals surface area contributed by atoms with Gasteiger partial charge in [0.05, 0.1) is 18.2 Å². The van der Waals surface area contributed by atoms with Crippen LogP contribution in [0.25, 0.3) is 0 Å². The quantitative estimate of drug-likeness (QED) is 0.814. The summed E-state index contributed by atoms with van der Waals surface area (Å²) in [5, 5.41) is 3.40. The third-order valence-corrected chi connectivity index (χ3v) is 3.72.